The van der Waals surface area contributed by atoms with Gasteiger partial charge in [0, 0.05) is 18.8 Å². The van der Waals surface area contributed by atoms with Gasteiger partial charge in [-0.2, -0.15) is 0 Å². The van der Waals surface area contributed by atoms with Gasteiger partial charge in [-0.1, -0.05) is 76.9 Å². The molecule has 176 valence electrons. The van der Waals surface area contributed by atoms with Gasteiger partial charge in [-0.15, -0.1) is 23.5 Å². The van der Waals surface area contributed by atoms with E-state index in [2.05, 4.69) is 12.2 Å². The van der Waals surface area contributed by atoms with Crippen molar-refractivity contribution < 1.29 is 14.7 Å². The summed E-state index contributed by atoms with van der Waals surface area (Å²) in [5.41, 5.74) is 4.27. The van der Waals surface area contributed by atoms with Crippen molar-refractivity contribution in [1.29, 1.82) is 0 Å². The number of carboxylic acids is 1. The van der Waals surface area contributed by atoms with Crippen LogP contribution in [0.15, 0.2) is 0 Å². The SMILES string of the molecule is CCCCCCCCCCCCSC(=S)SCC(C(=O)NCCN)C(C)(C)C(=O)O. The Morgan fingerprint density at radius 1 is 1.00 bits per heavy atom. The van der Waals surface area contributed by atoms with Crippen LogP contribution in [0.3, 0.4) is 0 Å². The number of thiocarbonyl (C=S) groups is 1. The van der Waals surface area contributed by atoms with Crippen LogP contribution < -0.4 is 11.1 Å². The lowest BCUT2D eigenvalue weighted by molar-refractivity contribution is -0.153. The molecule has 0 saturated heterocycles. The van der Waals surface area contributed by atoms with Crippen molar-refractivity contribution in [3.8, 4) is 0 Å². The van der Waals surface area contributed by atoms with Crippen LogP contribution in [0.25, 0.3) is 0 Å². The fourth-order valence-corrected chi connectivity index (χ4v) is 5.64. The smallest absolute Gasteiger partial charge is 0.309 e. The van der Waals surface area contributed by atoms with Gasteiger partial charge in [0.15, 0.2) is 0 Å². The van der Waals surface area contributed by atoms with Crippen molar-refractivity contribution in [2.45, 2.75) is 85.0 Å². The molecule has 0 rings (SSSR count). The monoisotopic (exact) mass is 478 g/mol. The molecule has 0 heterocycles. The second-order valence-corrected chi connectivity index (χ2v) is 11.6. The maximum absolute atomic E-state index is 12.4. The zero-order valence-electron chi connectivity index (χ0n) is 19.0. The molecule has 0 saturated carbocycles. The molecule has 0 fully saturated rings. The fraction of sp³-hybridized carbons (Fsp3) is 0.864. The Hall–Kier alpha value is -0.310. The van der Waals surface area contributed by atoms with E-state index in [1.54, 1.807) is 25.6 Å². The van der Waals surface area contributed by atoms with Crippen LogP contribution in [0.4, 0.5) is 0 Å². The third kappa shape index (κ3) is 13.9. The predicted molar refractivity (Wildman–Crippen MR) is 136 cm³/mol. The second kappa shape index (κ2) is 18.3. The van der Waals surface area contributed by atoms with Gasteiger partial charge in [0.25, 0.3) is 0 Å². The lowest BCUT2D eigenvalue weighted by Crippen LogP contribution is -2.45. The number of nitrogens with two attached hydrogens (primary N) is 1. The normalized spacial score (nSPS) is 12.5. The lowest BCUT2D eigenvalue weighted by Gasteiger charge is -2.29. The standard InChI is InChI=1S/C22H42N2O3S3/c1-4-5-6-7-8-9-10-11-12-13-16-29-21(28)30-17-18(19(25)24-15-14-23)22(2,3)20(26)27/h18H,4-17,23H2,1-3H3,(H,24,25)(H,26,27). The van der Waals surface area contributed by atoms with Crippen LogP contribution in [0.5, 0.6) is 0 Å². The number of aliphatic carboxylic acids is 1. The number of carbonyl (C=O) groups excluding carboxylic acids is 1. The zero-order chi connectivity index (χ0) is 22.8. The number of rotatable bonds is 18. The summed E-state index contributed by atoms with van der Waals surface area (Å²) in [6, 6.07) is 0. The van der Waals surface area contributed by atoms with Crippen LogP contribution in [0, 0.1) is 11.3 Å². The number of amides is 1. The first-order valence-corrected chi connectivity index (χ1v) is 13.7. The Kier molecular flexibility index (Phi) is 18.1. The van der Waals surface area contributed by atoms with Crippen LogP contribution in [-0.4, -0.2) is 45.1 Å². The molecule has 0 aromatic heterocycles. The minimum absolute atomic E-state index is 0.275. The number of hydrogen-bond acceptors (Lipinski definition) is 6. The van der Waals surface area contributed by atoms with Crippen molar-refractivity contribution in [2.24, 2.45) is 17.1 Å². The molecule has 0 aliphatic rings. The highest BCUT2D eigenvalue weighted by Crippen LogP contribution is 2.32. The zero-order valence-corrected chi connectivity index (χ0v) is 21.5. The Morgan fingerprint density at radius 2 is 1.53 bits per heavy atom. The van der Waals surface area contributed by atoms with Gasteiger partial charge in [0.05, 0.1) is 11.3 Å². The highest BCUT2D eigenvalue weighted by Gasteiger charge is 2.41. The number of carboxylic acid groups (broad SMARTS) is 1. The van der Waals surface area contributed by atoms with Gasteiger partial charge in [-0.25, -0.2) is 0 Å². The van der Waals surface area contributed by atoms with Crippen molar-refractivity contribution in [3.63, 3.8) is 0 Å². The molecule has 0 aliphatic heterocycles. The van der Waals surface area contributed by atoms with Gasteiger partial charge in [0.2, 0.25) is 5.91 Å². The van der Waals surface area contributed by atoms with Crippen LogP contribution >= 0.6 is 35.7 Å². The Balaban J connectivity index is 4.06. The minimum Gasteiger partial charge on any atom is -0.481 e. The Morgan fingerprint density at radius 3 is 2.03 bits per heavy atom. The van der Waals surface area contributed by atoms with E-state index < -0.39 is 17.3 Å². The second-order valence-electron chi connectivity index (χ2n) is 8.25. The summed E-state index contributed by atoms with van der Waals surface area (Å²) in [5, 5.41) is 12.2. The summed E-state index contributed by atoms with van der Waals surface area (Å²) in [5.74, 6) is -0.584. The number of nitrogens with one attached hydrogen (secondary N) is 1. The molecule has 0 radical (unpaired) electrons. The van der Waals surface area contributed by atoms with Crippen molar-refractivity contribution in [2.75, 3.05) is 24.6 Å². The number of hydrogen-bond donors (Lipinski definition) is 3. The largest absolute Gasteiger partial charge is 0.481 e. The molecule has 0 aromatic carbocycles. The first-order valence-electron chi connectivity index (χ1n) is 11.3. The highest BCUT2D eigenvalue weighted by molar-refractivity contribution is 8.47. The number of unbranched alkanes of at least 4 members (excludes halogenated alkanes) is 9. The van der Waals surface area contributed by atoms with Gasteiger partial charge >= 0.3 is 5.97 Å². The molecular weight excluding hydrogens is 436 g/mol. The molecule has 4 N–H and O–H groups in total. The molecule has 1 unspecified atom stereocenters. The maximum Gasteiger partial charge on any atom is 0.309 e. The van der Waals surface area contributed by atoms with Gasteiger partial charge < -0.3 is 16.2 Å². The fourth-order valence-electron chi connectivity index (χ4n) is 3.02. The quantitative estimate of drug-likeness (QED) is 0.178. The van der Waals surface area contributed by atoms with Crippen molar-refractivity contribution >= 4 is 51.1 Å². The van der Waals surface area contributed by atoms with Crippen LogP contribution in [0.2, 0.25) is 0 Å². The van der Waals surface area contributed by atoms with Crippen molar-refractivity contribution in [3.05, 3.63) is 0 Å². The number of carbonyl (C=O) groups is 2. The summed E-state index contributed by atoms with van der Waals surface area (Å²) in [7, 11) is 0. The topological polar surface area (TPSA) is 92.4 Å². The number of thioether (sulfide) groups is 2. The van der Waals surface area contributed by atoms with Crippen LogP contribution in [-0.2, 0) is 9.59 Å². The maximum atomic E-state index is 12.4. The summed E-state index contributed by atoms with van der Waals surface area (Å²) < 4.78 is 0.781. The van der Waals surface area contributed by atoms with E-state index >= 15 is 0 Å². The van der Waals surface area contributed by atoms with E-state index in [0.717, 1.165) is 15.7 Å². The molecule has 8 heteroatoms. The van der Waals surface area contributed by atoms with Gasteiger partial charge in [-0.3, -0.25) is 9.59 Å². The van der Waals surface area contributed by atoms with Gasteiger partial charge in [0.1, 0.15) is 3.53 Å². The molecule has 5 nitrogen and oxygen atoms in total. The van der Waals surface area contributed by atoms with E-state index in [1.165, 1.54) is 69.5 Å². The van der Waals surface area contributed by atoms with E-state index in [4.69, 9.17) is 18.0 Å². The molecule has 1 atom stereocenters. The first-order chi connectivity index (χ1) is 14.3. The molecule has 0 aromatic rings. The Labute approximate surface area is 197 Å². The average Bonchev–Trinajstić information content (AvgIpc) is 2.70. The van der Waals surface area contributed by atoms with Gasteiger partial charge in [-0.05, 0) is 26.0 Å². The summed E-state index contributed by atoms with van der Waals surface area (Å²) in [4.78, 5) is 24.0. The summed E-state index contributed by atoms with van der Waals surface area (Å²) in [6.45, 7) is 6.09. The summed E-state index contributed by atoms with van der Waals surface area (Å²) in [6.07, 6.45) is 13.1. The van der Waals surface area contributed by atoms with Crippen molar-refractivity contribution in [1.82, 2.24) is 5.32 Å². The first kappa shape index (κ1) is 29.7. The van der Waals surface area contributed by atoms with Crippen LogP contribution in [0.1, 0.15) is 85.0 Å². The predicted octanol–water partition coefficient (Wildman–Crippen LogP) is 5.46. The average molecular weight is 479 g/mol. The highest BCUT2D eigenvalue weighted by atomic mass is 32.2. The Bertz CT molecular complexity index is 502. The summed E-state index contributed by atoms with van der Waals surface area (Å²) >= 11 is 8.48. The third-order valence-electron chi connectivity index (χ3n) is 5.27. The minimum atomic E-state index is -1.16. The van der Waals surface area contributed by atoms with E-state index in [9.17, 15) is 14.7 Å². The molecule has 30 heavy (non-hydrogen) atoms. The third-order valence-corrected chi connectivity index (χ3v) is 8.15. The molecule has 0 bridgehead atoms. The molecule has 1 amide bonds. The lowest BCUT2D eigenvalue weighted by atomic mass is 9.79. The van der Waals surface area contributed by atoms with E-state index in [1.807, 2.05) is 0 Å². The van der Waals surface area contributed by atoms with E-state index in [-0.39, 0.29) is 5.91 Å². The van der Waals surface area contributed by atoms with E-state index in [0.29, 0.717) is 18.8 Å². The molecule has 0 spiro atoms. The molecule has 0 aliphatic carbocycles. The molecular formula is C22H42N2O3S3.